The second-order valence-electron chi connectivity index (χ2n) is 1.79. The predicted octanol–water partition coefficient (Wildman–Crippen LogP) is 2.61. The van der Waals surface area contributed by atoms with E-state index in [1.54, 1.807) is 5.51 Å². The first-order valence-corrected chi connectivity index (χ1v) is 5.16. The van der Waals surface area contributed by atoms with Gasteiger partial charge >= 0.3 is 0 Å². The van der Waals surface area contributed by atoms with E-state index in [4.69, 9.17) is 0 Å². The Morgan fingerprint density at radius 2 is 2.09 bits per heavy atom. The first kappa shape index (κ1) is 7.57. The zero-order chi connectivity index (χ0) is 7.84. The fourth-order valence-electron chi connectivity index (χ4n) is 0.704. The van der Waals surface area contributed by atoms with E-state index >= 15 is 0 Å². The van der Waals surface area contributed by atoms with Crippen LogP contribution in [0.5, 0.6) is 0 Å². The molecule has 6 heteroatoms. The van der Waals surface area contributed by atoms with E-state index in [0.29, 0.717) is 4.73 Å². The van der Waals surface area contributed by atoms with E-state index in [-0.39, 0.29) is 0 Å². The van der Waals surface area contributed by atoms with Crippen molar-refractivity contribution in [3.05, 3.63) is 14.8 Å². The lowest BCUT2D eigenvalue weighted by atomic mass is 10.6. The van der Waals surface area contributed by atoms with E-state index in [1.807, 2.05) is 0 Å². The van der Waals surface area contributed by atoms with Gasteiger partial charge < -0.3 is 0 Å². The van der Waals surface area contributed by atoms with Crippen LogP contribution < -0.4 is 0 Å². The predicted molar refractivity (Wildman–Crippen MR) is 50.6 cm³/mol. The van der Waals surface area contributed by atoms with Crippen LogP contribution in [0, 0.1) is 0 Å². The number of nitrogens with zero attached hydrogens (tertiary/aromatic N) is 3. The molecular weight excluding hydrogens is 294 g/mol. The topological polar surface area (TPSA) is 38.7 Å². The molecule has 0 aliphatic rings. The van der Waals surface area contributed by atoms with Crippen LogP contribution >= 0.6 is 43.2 Å². The van der Waals surface area contributed by atoms with Crippen molar-refractivity contribution >= 4 is 53.5 Å². The molecule has 0 atom stereocenters. The molecule has 0 bridgehead atoms. The molecule has 0 radical (unpaired) electrons. The van der Waals surface area contributed by atoms with Crippen molar-refractivity contribution in [3.8, 4) is 0 Å². The highest BCUT2D eigenvalue weighted by Crippen LogP contribution is 2.23. The minimum Gasteiger partial charge on any atom is -0.240 e. The molecule has 0 amide bonds. The first-order valence-electron chi connectivity index (χ1n) is 2.69. The molecule has 2 aromatic heterocycles. The van der Waals surface area contributed by atoms with Crippen molar-refractivity contribution in [2.45, 2.75) is 0 Å². The zero-order valence-corrected chi connectivity index (χ0v) is 9.07. The number of thiazole rings is 1. The van der Waals surface area contributed by atoms with Crippen LogP contribution in [0.4, 0.5) is 0 Å². The second-order valence-corrected chi connectivity index (χ2v) is 4.08. The molecule has 0 spiro atoms. The maximum atomic E-state index is 4.13. The van der Waals surface area contributed by atoms with Crippen LogP contribution in [0.25, 0.3) is 10.3 Å². The molecule has 0 N–H and O–H groups in total. The van der Waals surface area contributed by atoms with Crippen molar-refractivity contribution in [3.63, 3.8) is 0 Å². The quantitative estimate of drug-likeness (QED) is 0.554. The van der Waals surface area contributed by atoms with Crippen molar-refractivity contribution in [2.75, 3.05) is 0 Å². The maximum absolute atomic E-state index is 4.13. The molecule has 0 aromatic carbocycles. The summed E-state index contributed by atoms with van der Waals surface area (Å²) in [5, 5.41) is 0. The molecule has 2 rings (SSSR count). The summed E-state index contributed by atoms with van der Waals surface area (Å²) in [6, 6.07) is 0. The number of hydrogen-bond acceptors (Lipinski definition) is 4. The van der Waals surface area contributed by atoms with Crippen molar-refractivity contribution in [1.82, 2.24) is 15.0 Å². The molecular formula is C5HBr2N3S. The number of fused-ring (bicyclic) bond motifs is 1. The third-order valence-electron chi connectivity index (χ3n) is 1.13. The third-order valence-corrected chi connectivity index (χ3v) is 2.75. The monoisotopic (exact) mass is 293 g/mol. The number of halogens is 2. The molecule has 56 valence electrons. The van der Waals surface area contributed by atoms with Gasteiger partial charge in [-0.15, -0.1) is 11.3 Å². The highest BCUT2D eigenvalue weighted by Gasteiger charge is 2.04. The van der Waals surface area contributed by atoms with Gasteiger partial charge in [0.25, 0.3) is 0 Å². The van der Waals surface area contributed by atoms with Crippen LogP contribution in [-0.4, -0.2) is 15.0 Å². The molecule has 11 heavy (non-hydrogen) atoms. The summed E-state index contributed by atoms with van der Waals surface area (Å²) in [6.07, 6.45) is 0. The van der Waals surface area contributed by atoms with Gasteiger partial charge in [-0.05, 0) is 31.9 Å². The van der Waals surface area contributed by atoms with E-state index in [2.05, 4.69) is 46.8 Å². The summed E-state index contributed by atoms with van der Waals surface area (Å²) < 4.78 is 1.32. The molecule has 3 nitrogen and oxygen atoms in total. The standard InChI is InChI=1S/C5HBr2N3S/c6-3-2-4(11-1-8-2)10-5(7)9-3/h1H. The largest absolute Gasteiger partial charge is 0.240 e. The lowest BCUT2D eigenvalue weighted by Gasteiger charge is -1.91. The van der Waals surface area contributed by atoms with Crippen LogP contribution in [-0.2, 0) is 0 Å². The highest BCUT2D eigenvalue weighted by atomic mass is 79.9. The maximum Gasteiger partial charge on any atom is 0.199 e. The molecule has 0 aliphatic carbocycles. The van der Waals surface area contributed by atoms with Gasteiger partial charge in [-0.3, -0.25) is 0 Å². The van der Waals surface area contributed by atoms with E-state index in [0.717, 1.165) is 15.0 Å². The van der Waals surface area contributed by atoms with Gasteiger partial charge in [-0.25, -0.2) is 15.0 Å². The molecule has 0 unspecified atom stereocenters. The fourth-order valence-corrected chi connectivity index (χ4v) is 2.66. The molecule has 0 aliphatic heterocycles. The van der Waals surface area contributed by atoms with Crippen LogP contribution in [0.15, 0.2) is 14.8 Å². The Morgan fingerprint density at radius 3 is 2.91 bits per heavy atom. The summed E-state index contributed by atoms with van der Waals surface area (Å²) >= 11 is 7.98. The van der Waals surface area contributed by atoms with Crippen LogP contribution in [0.3, 0.4) is 0 Å². The van der Waals surface area contributed by atoms with Crippen molar-refractivity contribution in [2.24, 2.45) is 0 Å². The number of hydrogen-bond donors (Lipinski definition) is 0. The Labute approximate surface area is 83.1 Å². The van der Waals surface area contributed by atoms with E-state index in [1.165, 1.54) is 11.3 Å². The van der Waals surface area contributed by atoms with Gasteiger partial charge in [0.1, 0.15) is 15.0 Å². The average molecular weight is 295 g/mol. The summed E-state index contributed by atoms with van der Waals surface area (Å²) in [4.78, 5) is 13.1. The lowest BCUT2D eigenvalue weighted by Crippen LogP contribution is -1.83. The Kier molecular flexibility index (Phi) is 1.90. The highest BCUT2D eigenvalue weighted by molar-refractivity contribution is 9.11. The molecule has 0 saturated carbocycles. The summed E-state index contributed by atoms with van der Waals surface area (Å²) in [5.41, 5.74) is 2.56. The second kappa shape index (κ2) is 2.76. The minimum atomic E-state index is 0.584. The normalized spacial score (nSPS) is 10.7. The zero-order valence-electron chi connectivity index (χ0n) is 5.08. The van der Waals surface area contributed by atoms with Gasteiger partial charge in [0.2, 0.25) is 0 Å². The van der Waals surface area contributed by atoms with Gasteiger partial charge in [-0.2, -0.15) is 0 Å². The number of aromatic nitrogens is 3. The van der Waals surface area contributed by atoms with Crippen LogP contribution in [0.1, 0.15) is 0 Å². The SMILES string of the molecule is Brc1nc(Br)c2ncsc2n1. The Balaban J connectivity index is 2.91. The van der Waals surface area contributed by atoms with Crippen LogP contribution in [0.2, 0.25) is 0 Å². The van der Waals surface area contributed by atoms with Gasteiger partial charge in [0.05, 0.1) is 5.51 Å². The van der Waals surface area contributed by atoms with Gasteiger partial charge in [0.15, 0.2) is 4.73 Å². The Bertz CT molecular complexity index is 400. The van der Waals surface area contributed by atoms with Crippen molar-refractivity contribution < 1.29 is 0 Å². The molecule has 2 aromatic rings. The smallest absolute Gasteiger partial charge is 0.199 e. The average Bonchev–Trinajstić information content (AvgIpc) is 2.34. The Hall–Kier alpha value is -0.0700. The summed E-state index contributed by atoms with van der Waals surface area (Å²) in [7, 11) is 0. The minimum absolute atomic E-state index is 0.584. The summed E-state index contributed by atoms with van der Waals surface area (Å²) in [6.45, 7) is 0. The van der Waals surface area contributed by atoms with Crippen molar-refractivity contribution in [1.29, 1.82) is 0 Å². The first-order chi connectivity index (χ1) is 5.27. The van der Waals surface area contributed by atoms with Gasteiger partial charge in [-0.1, -0.05) is 0 Å². The molecule has 0 fully saturated rings. The third kappa shape index (κ3) is 1.30. The molecule has 2 heterocycles. The van der Waals surface area contributed by atoms with E-state index in [9.17, 15) is 0 Å². The van der Waals surface area contributed by atoms with Gasteiger partial charge in [0, 0.05) is 0 Å². The Morgan fingerprint density at radius 1 is 1.27 bits per heavy atom. The number of rotatable bonds is 0. The molecule has 0 saturated heterocycles. The summed E-state index contributed by atoms with van der Waals surface area (Å²) in [5.74, 6) is 0. The lowest BCUT2D eigenvalue weighted by molar-refractivity contribution is 1.13. The fraction of sp³-hybridized carbons (Fsp3) is 0. The van der Waals surface area contributed by atoms with E-state index < -0.39 is 0 Å².